The van der Waals surface area contributed by atoms with E-state index in [4.69, 9.17) is 0 Å². The Bertz CT molecular complexity index is 1220. The molecule has 0 aliphatic carbocycles. The van der Waals surface area contributed by atoms with Crippen LogP contribution < -0.4 is 10.1 Å². The summed E-state index contributed by atoms with van der Waals surface area (Å²) in [5.41, 5.74) is 1.94. The third-order valence-electron chi connectivity index (χ3n) is 4.27. The second kappa shape index (κ2) is 9.74. The van der Waals surface area contributed by atoms with Gasteiger partial charge in [0.1, 0.15) is 5.75 Å². The van der Waals surface area contributed by atoms with Crippen molar-refractivity contribution in [2.45, 2.75) is 11.5 Å². The smallest absolute Gasteiger partial charge is 0.406 e. The minimum absolute atomic E-state index is 0.0127. The molecule has 0 unspecified atom stereocenters. The van der Waals surface area contributed by atoms with Gasteiger partial charge in [-0.05, 0) is 48.5 Å². The highest BCUT2D eigenvalue weighted by Gasteiger charge is 2.31. The summed E-state index contributed by atoms with van der Waals surface area (Å²) in [5, 5.41) is 11.7. The van der Waals surface area contributed by atoms with Gasteiger partial charge in [0.2, 0.25) is 5.91 Å². The molecule has 0 aliphatic rings. The minimum atomic E-state index is -4.77. The number of aromatic nitrogens is 4. The molecule has 1 amide bonds. The lowest BCUT2D eigenvalue weighted by molar-refractivity contribution is -0.274. The van der Waals surface area contributed by atoms with Crippen molar-refractivity contribution in [1.29, 1.82) is 0 Å². The molecule has 1 N–H and O–H groups in total. The fraction of sp³-hybridized carbons (Fsp3) is 0.0909. The van der Waals surface area contributed by atoms with Crippen molar-refractivity contribution in [3.05, 3.63) is 79.1 Å². The maximum atomic E-state index is 12.4. The predicted octanol–water partition coefficient (Wildman–Crippen LogP) is 4.96. The number of alkyl halides is 3. The quantitative estimate of drug-likeness (QED) is 0.384. The van der Waals surface area contributed by atoms with E-state index in [1.807, 2.05) is 41.0 Å². The number of para-hydroxylation sites is 1. The average molecular weight is 471 g/mol. The van der Waals surface area contributed by atoms with Gasteiger partial charge in [-0.2, -0.15) is 0 Å². The molecule has 33 heavy (non-hydrogen) atoms. The van der Waals surface area contributed by atoms with Crippen LogP contribution in [0.2, 0.25) is 0 Å². The van der Waals surface area contributed by atoms with Crippen molar-refractivity contribution in [3.63, 3.8) is 0 Å². The van der Waals surface area contributed by atoms with E-state index in [1.165, 1.54) is 23.9 Å². The lowest BCUT2D eigenvalue weighted by atomic mass is 10.2. The van der Waals surface area contributed by atoms with Crippen molar-refractivity contribution in [2.75, 3.05) is 11.1 Å². The van der Waals surface area contributed by atoms with E-state index in [0.717, 1.165) is 23.4 Å². The Morgan fingerprint density at radius 2 is 1.76 bits per heavy atom. The van der Waals surface area contributed by atoms with E-state index < -0.39 is 6.36 Å². The number of nitrogens with zero attached hydrogens (tertiary/aromatic N) is 4. The number of hydrogen-bond donors (Lipinski definition) is 1. The third-order valence-corrected chi connectivity index (χ3v) is 5.20. The zero-order chi connectivity index (χ0) is 23.3. The first-order valence-electron chi connectivity index (χ1n) is 9.59. The zero-order valence-corrected chi connectivity index (χ0v) is 17.7. The SMILES string of the molecule is O=C(CSc1nnc(-c2cccnc2)n1-c1ccccc1)Nc1ccc(OC(F)(F)F)cc1. The van der Waals surface area contributed by atoms with Crippen LogP contribution in [0, 0.1) is 0 Å². The average Bonchev–Trinajstić information content (AvgIpc) is 3.23. The fourth-order valence-corrected chi connectivity index (χ4v) is 3.67. The molecule has 168 valence electrons. The molecule has 0 aliphatic heterocycles. The van der Waals surface area contributed by atoms with Gasteiger partial charge in [-0.1, -0.05) is 30.0 Å². The number of amides is 1. The van der Waals surface area contributed by atoms with Gasteiger partial charge in [-0.3, -0.25) is 14.3 Å². The Labute approximate surface area is 190 Å². The molecule has 11 heteroatoms. The highest BCUT2D eigenvalue weighted by molar-refractivity contribution is 7.99. The number of ether oxygens (including phenoxy) is 1. The van der Waals surface area contributed by atoms with Gasteiger partial charge in [-0.15, -0.1) is 23.4 Å². The van der Waals surface area contributed by atoms with Gasteiger partial charge in [0, 0.05) is 29.3 Å². The summed E-state index contributed by atoms with van der Waals surface area (Å²) < 4.78 is 42.5. The number of carbonyl (C=O) groups excluding carboxylic acids is 1. The minimum Gasteiger partial charge on any atom is -0.406 e. The van der Waals surface area contributed by atoms with Crippen molar-refractivity contribution in [3.8, 4) is 22.8 Å². The van der Waals surface area contributed by atoms with Crippen LogP contribution in [0.5, 0.6) is 5.75 Å². The molecule has 2 aromatic heterocycles. The highest BCUT2D eigenvalue weighted by Crippen LogP contribution is 2.28. The normalized spacial score (nSPS) is 11.2. The monoisotopic (exact) mass is 471 g/mol. The molecule has 7 nitrogen and oxygen atoms in total. The molecule has 0 saturated heterocycles. The maximum absolute atomic E-state index is 12.4. The standard InChI is InChI=1S/C22H16F3N5O2S/c23-22(24,25)32-18-10-8-16(9-11-18)27-19(31)14-33-21-29-28-20(15-5-4-12-26-13-15)30(21)17-6-2-1-3-7-17/h1-13H,14H2,(H,27,31). The van der Waals surface area contributed by atoms with Gasteiger partial charge >= 0.3 is 6.36 Å². The fourth-order valence-electron chi connectivity index (χ4n) is 2.92. The van der Waals surface area contributed by atoms with Gasteiger partial charge in [0.05, 0.1) is 5.75 Å². The van der Waals surface area contributed by atoms with Crippen molar-refractivity contribution < 1.29 is 22.7 Å². The lowest BCUT2D eigenvalue weighted by Crippen LogP contribution is -2.17. The molecule has 4 aromatic rings. The summed E-state index contributed by atoms with van der Waals surface area (Å²) in [4.78, 5) is 16.5. The molecule has 0 radical (unpaired) electrons. The largest absolute Gasteiger partial charge is 0.573 e. The Hall–Kier alpha value is -3.86. The van der Waals surface area contributed by atoms with Gasteiger partial charge in [0.15, 0.2) is 11.0 Å². The van der Waals surface area contributed by atoms with Crippen molar-refractivity contribution in [1.82, 2.24) is 19.7 Å². The Kier molecular flexibility index (Phi) is 6.59. The molecule has 0 atom stereocenters. The van der Waals surface area contributed by atoms with E-state index >= 15 is 0 Å². The summed E-state index contributed by atoms with van der Waals surface area (Å²) in [6.07, 6.45) is -1.43. The van der Waals surface area contributed by atoms with E-state index in [9.17, 15) is 18.0 Å². The summed E-state index contributed by atoms with van der Waals surface area (Å²) in [6.45, 7) is 0. The van der Waals surface area contributed by atoms with E-state index in [2.05, 4.69) is 25.2 Å². The second-order valence-electron chi connectivity index (χ2n) is 6.63. The van der Waals surface area contributed by atoms with Crippen LogP contribution in [-0.2, 0) is 4.79 Å². The maximum Gasteiger partial charge on any atom is 0.573 e. The number of benzene rings is 2. The van der Waals surface area contributed by atoms with Gasteiger partial charge < -0.3 is 10.1 Å². The predicted molar refractivity (Wildman–Crippen MR) is 117 cm³/mol. The number of thioether (sulfide) groups is 1. The zero-order valence-electron chi connectivity index (χ0n) is 16.9. The number of anilines is 1. The van der Waals surface area contributed by atoms with Crippen molar-refractivity contribution in [2.24, 2.45) is 0 Å². The van der Waals surface area contributed by atoms with Crippen LogP contribution in [0.4, 0.5) is 18.9 Å². The number of hydrogen-bond acceptors (Lipinski definition) is 6. The molecular formula is C22H16F3N5O2S. The van der Waals surface area contributed by atoms with Crippen molar-refractivity contribution >= 4 is 23.4 Å². The molecule has 0 spiro atoms. The third kappa shape index (κ3) is 5.89. The molecule has 4 rings (SSSR count). The number of carbonyl (C=O) groups is 1. The van der Waals surface area contributed by atoms with Crippen LogP contribution in [0.25, 0.3) is 17.1 Å². The first-order valence-corrected chi connectivity index (χ1v) is 10.6. The van der Waals surface area contributed by atoms with Crippen LogP contribution in [0.15, 0.2) is 84.3 Å². The molecule has 0 fully saturated rings. The van der Waals surface area contributed by atoms with Crippen LogP contribution in [0.3, 0.4) is 0 Å². The Morgan fingerprint density at radius 3 is 2.42 bits per heavy atom. The number of pyridine rings is 1. The van der Waals surface area contributed by atoms with Gasteiger partial charge in [-0.25, -0.2) is 0 Å². The summed E-state index contributed by atoms with van der Waals surface area (Å²) in [5.74, 6) is -0.125. The highest BCUT2D eigenvalue weighted by atomic mass is 32.2. The summed E-state index contributed by atoms with van der Waals surface area (Å²) in [6, 6.07) is 18.0. The molecular weight excluding hydrogens is 455 g/mol. The molecule has 2 heterocycles. The molecule has 0 saturated carbocycles. The number of halogens is 3. The summed E-state index contributed by atoms with van der Waals surface area (Å²) in [7, 11) is 0. The summed E-state index contributed by atoms with van der Waals surface area (Å²) >= 11 is 1.18. The van der Waals surface area contributed by atoms with E-state index in [0.29, 0.717) is 16.7 Å². The number of nitrogens with one attached hydrogen (secondary N) is 1. The van der Waals surface area contributed by atoms with Crippen LogP contribution in [0.1, 0.15) is 0 Å². The lowest BCUT2D eigenvalue weighted by Gasteiger charge is -2.11. The Morgan fingerprint density at radius 1 is 1.00 bits per heavy atom. The van der Waals surface area contributed by atoms with Gasteiger partial charge in [0.25, 0.3) is 0 Å². The first-order chi connectivity index (χ1) is 15.9. The van der Waals surface area contributed by atoms with E-state index in [1.54, 1.807) is 18.5 Å². The van der Waals surface area contributed by atoms with Crippen LogP contribution >= 0.6 is 11.8 Å². The first kappa shape index (κ1) is 22.3. The molecule has 2 aromatic carbocycles. The second-order valence-corrected chi connectivity index (χ2v) is 7.57. The van der Waals surface area contributed by atoms with Crippen LogP contribution in [-0.4, -0.2) is 37.8 Å². The number of rotatable bonds is 7. The molecule has 0 bridgehead atoms. The topological polar surface area (TPSA) is 81.9 Å². The van der Waals surface area contributed by atoms with E-state index in [-0.39, 0.29) is 17.4 Å². The Balaban J connectivity index is 1.47.